The number of hydrogen-bond acceptors (Lipinski definition) is 2. The Morgan fingerprint density at radius 1 is 0.893 bits per heavy atom. The molecule has 3 saturated heterocycles. The Kier molecular flexibility index (Phi) is 4.77. The van der Waals surface area contributed by atoms with E-state index in [1.54, 1.807) is 0 Å². The van der Waals surface area contributed by atoms with Crippen molar-refractivity contribution in [2.45, 2.75) is 51.0 Å². The quantitative estimate of drug-likeness (QED) is 0.843. The van der Waals surface area contributed by atoms with Gasteiger partial charge in [-0.2, -0.15) is 0 Å². The van der Waals surface area contributed by atoms with Gasteiger partial charge in [0.1, 0.15) is 0 Å². The first-order chi connectivity index (χ1) is 13.7. The SMILES string of the molecule is O=C(Nc1ccccc1)N1CCCC(C(=O)N2CC3CC4CC(C3)CC2C4)C1. The Hall–Kier alpha value is -2.04. The second-order valence-electron chi connectivity index (χ2n) is 9.50. The van der Waals surface area contributed by atoms with Crippen molar-refractivity contribution >= 4 is 17.6 Å². The standard InChI is InChI=1S/C23H31N3O2/c27-22(26-14-18-10-16-9-17(11-18)13-21(26)12-16)19-5-4-8-25(15-19)23(28)24-20-6-2-1-3-7-20/h1-3,6-7,16-19,21H,4-5,8-15H2,(H,24,28). The molecular weight excluding hydrogens is 350 g/mol. The summed E-state index contributed by atoms with van der Waals surface area (Å²) < 4.78 is 0. The van der Waals surface area contributed by atoms with Gasteiger partial charge in [-0.15, -0.1) is 0 Å². The molecule has 3 unspecified atom stereocenters. The number of amides is 3. The number of carbonyl (C=O) groups excluding carboxylic acids is 2. The van der Waals surface area contributed by atoms with E-state index >= 15 is 0 Å². The molecule has 1 N–H and O–H groups in total. The molecule has 5 nitrogen and oxygen atoms in total. The maximum Gasteiger partial charge on any atom is 0.321 e. The van der Waals surface area contributed by atoms with Gasteiger partial charge >= 0.3 is 6.03 Å². The molecule has 3 heterocycles. The second-order valence-corrected chi connectivity index (χ2v) is 9.50. The van der Waals surface area contributed by atoms with E-state index in [2.05, 4.69) is 10.2 Å². The summed E-state index contributed by atoms with van der Waals surface area (Å²) in [4.78, 5) is 30.2. The molecule has 2 aliphatic carbocycles. The predicted octanol–water partition coefficient (Wildman–Crippen LogP) is 3.97. The maximum absolute atomic E-state index is 13.5. The number of likely N-dealkylation sites (tertiary alicyclic amines) is 1. The molecule has 1 aromatic carbocycles. The summed E-state index contributed by atoms with van der Waals surface area (Å²) in [7, 11) is 0. The number of fused-ring (bicyclic) bond motifs is 1. The molecule has 1 aromatic rings. The molecule has 3 aliphatic heterocycles. The van der Waals surface area contributed by atoms with Gasteiger partial charge in [0.15, 0.2) is 0 Å². The summed E-state index contributed by atoms with van der Waals surface area (Å²) >= 11 is 0. The molecule has 2 saturated carbocycles. The highest BCUT2D eigenvalue weighted by Crippen LogP contribution is 2.47. The number of urea groups is 1. The minimum atomic E-state index is -0.0837. The van der Waals surface area contributed by atoms with Crippen LogP contribution in [0.25, 0.3) is 0 Å². The molecule has 4 bridgehead atoms. The lowest BCUT2D eigenvalue weighted by atomic mass is 9.68. The van der Waals surface area contributed by atoms with Crippen molar-refractivity contribution in [2.24, 2.45) is 23.7 Å². The summed E-state index contributed by atoms with van der Waals surface area (Å²) in [5.41, 5.74) is 0.807. The zero-order valence-electron chi connectivity index (χ0n) is 16.6. The first-order valence-corrected chi connectivity index (χ1v) is 11.1. The Balaban J connectivity index is 1.25. The van der Waals surface area contributed by atoms with Gasteiger partial charge < -0.3 is 15.1 Å². The molecule has 6 rings (SSSR count). The third kappa shape index (κ3) is 3.51. The fourth-order valence-corrected chi connectivity index (χ4v) is 6.38. The first-order valence-electron chi connectivity index (χ1n) is 11.1. The second kappa shape index (κ2) is 7.41. The summed E-state index contributed by atoms with van der Waals surface area (Å²) in [6, 6.07) is 9.93. The van der Waals surface area contributed by atoms with Gasteiger partial charge in [-0.25, -0.2) is 4.79 Å². The molecule has 5 heteroatoms. The van der Waals surface area contributed by atoms with Crippen molar-refractivity contribution in [1.82, 2.24) is 9.80 Å². The number of nitrogens with zero attached hydrogens (tertiary/aromatic N) is 2. The molecule has 0 radical (unpaired) electrons. The van der Waals surface area contributed by atoms with E-state index < -0.39 is 0 Å². The number of anilines is 1. The fraction of sp³-hybridized carbons (Fsp3) is 0.652. The van der Waals surface area contributed by atoms with Crippen LogP contribution in [0.5, 0.6) is 0 Å². The van der Waals surface area contributed by atoms with Crippen LogP contribution in [0.4, 0.5) is 10.5 Å². The van der Waals surface area contributed by atoms with Gasteiger partial charge in [0.2, 0.25) is 5.91 Å². The van der Waals surface area contributed by atoms with Crippen molar-refractivity contribution in [2.75, 3.05) is 25.0 Å². The van der Waals surface area contributed by atoms with Gasteiger partial charge in [-0.05, 0) is 74.8 Å². The minimum Gasteiger partial charge on any atom is -0.339 e. The molecule has 3 atom stereocenters. The largest absolute Gasteiger partial charge is 0.339 e. The maximum atomic E-state index is 13.5. The number of carbonyl (C=O) groups is 2. The number of nitrogens with one attached hydrogen (secondary N) is 1. The Morgan fingerprint density at radius 2 is 1.61 bits per heavy atom. The van der Waals surface area contributed by atoms with Crippen molar-refractivity contribution in [3.63, 3.8) is 0 Å². The van der Waals surface area contributed by atoms with Gasteiger partial charge in [0.05, 0.1) is 5.92 Å². The van der Waals surface area contributed by atoms with Gasteiger partial charge in [-0.1, -0.05) is 18.2 Å². The Labute approximate surface area is 167 Å². The molecule has 3 amide bonds. The van der Waals surface area contributed by atoms with Crippen LogP contribution in [-0.2, 0) is 4.79 Å². The monoisotopic (exact) mass is 381 g/mol. The predicted molar refractivity (Wildman–Crippen MR) is 109 cm³/mol. The summed E-state index contributed by atoms with van der Waals surface area (Å²) in [6.07, 6.45) is 8.29. The van der Waals surface area contributed by atoms with Crippen LogP contribution in [0.2, 0.25) is 0 Å². The molecule has 5 aliphatic rings. The lowest BCUT2D eigenvalue weighted by Gasteiger charge is -2.40. The van der Waals surface area contributed by atoms with Crippen LogP contribution in [0.3, 0.4) is 0 Å². The number of rotatable bonds is 2. The van der Waals surface area contributed by atoms with Crippen molar-refractivity contribution in [1.29, 1.82) is 0 Å². The fourth-order valence-electron chi connectivity index (χ4n) is 6.38. The summed E-state index contributed by atoms with van der Waals surface area (Å²) in [6.45, 7) is 2.25. The number of hydrogen-bond donors (Lipinski definition) is 1. The van der Waals surface area contributed by atoms with Crippen molar-refractivity contribution < 1.29 is 9.59 Å². The van der Waals surface area contributed by atoms with Crippen molar-refractivity contribution in [3.8, 4) is 0 Å². The minimum absolute atomic E-state index is 0.0362. The number of piperidine rings is 1. The van der Waals surface area contributed by atoms with Gasteiger partial charge in [0, 0.05) is 31.4 Å². The topological polar surface area (TPSA) is 52.7 Å². The van der Waals surface area contributed by atoms with Crippen LogP contribution >= 0.6 is 0 Å². The van der Waals surface area contributed by atoms with E-state index in [1.807, 2.05) is 35.2 Å². The Bertz CT molecular complexity index is 723. The van der Waals surface area contributed by atoms with Crippen LogP contribution in [0.15, 0.2) is 30.3 Å². The lowest BCUT2D eigenvalue weighted by Crippen LogP contribution is -2.50. The first kappa shape index (κ1) is 18.0. The summed E-state index contributed by atoms with van der Waals surface area (Å²) in [5.74, 6) is 2.68. The lowest BCUT2D eigenvalue weighted by molar-refractivity contribution is -0.139. The molecule has 150 valence electrons. The average Bonchev–Trinajstić information content (AvgIpc) is 2.91. The third-order valence-electron chi connectivity index (χ3n) is 7.47. The van der Waals surface area contributed by atoms with Crippen LogP contribution < -0.4 is 5.32 Å². The van der Waals surface area contributed by atoms with E-state index in [1.165, 1.54) is 32.1 Å². The van der Waals surface area contributed by atoms with Gasteiger partial charge in [0.25, 0.3) is 0 Å². The van der Waals surface area contributed by atoms with Crippen LogP contribution in [0, 0.1) is 23.7 Å². The highest BCUT2D eigenvalue weighted by Gasteiger charge is 2.45. The van der Waals surface area contributed by atoms with Crippen molar-refractivity contribution in [3.05, 3.63) is 30.3 Å². The van der Waals surface area contributed by atoms with Crippen LogP contribution in [0.1, 0.15) is 44.9 Å². The van der Waals surface area contributed by atoms with E-state index in [4.69, 9.17) is 0 Å². The highest BCUT2D eigenvalue weighted by atomic mass is 16.2. The highest BCUT2D eigenvalue weighted by molar-refractivity contribution is 5.90. The molecule has 0 aromatic heterocycles. The molecular formula is C23H31N3O2. The normalized spacial score (nSPS) is 34.2. The number of benzene rings is 1. The van der Waals surface area contributed by atoms with Crippen LogP contribution in [-0.4, -0.2) is 47.4 Å². The third-order valence-corrected chi connectivity index (χ3v) is 7.47. The Morgan fingerprint density at radius 3 is 2.36 bits per heavy atom. The zero-order valence-corrected chi connectivity index (χ0v) is 16.6. The zero-order chi connectivity index (χ0) is 19.1. The molecule has 5 fully saturated rings. The van der Waals surface area contributed by atoms with E-state index in [-0.39, 0.29) is 11.9 Å². The number of para-hydroxylation sites is 1. The van der Waals surface area contributed by atoms with E-state index in [0.717, 1.165) is 43.5 Å². The van der Waals surface area contributed by atoms with E-state index in [0.29, 0.717) is 24.4 Å². The van der Waals surface area contributed by atoms with E-state index in [9.17, 15) is 9.59 Å². The average molecular weight is 382 g/mol. The smallest absolute Gasteiger partial charge is 0.321 e. The molecule has 28 heavy (non-hydrogen) atoms. The summed E-state index contributed by atoms with van der Waals surface area (Å²) in [5, 5.41) is 2.97. The van der Waals surface area contributed by atoms with Gasteiger partial charge in [-0.3, -0.25) is 4.79 Å². The molecule has 0 spiro atoms.